The van der Waals surface area contributed by atoms with Crippen LogP contribution in [0.1, 0.15) is 88.2 Å². The molecule has 25 heavy (non-hydrogen) atoms. The zero-order valence-electron chi connectivity index (χ0n) is 15.6. The molecule has 132 valence electrons. The van der Waals surface area contributed by atoms with Crippen molar-refractivity contribution in [1.82, 2.24) is 0 Å². The molecule has 2 aromatic rings. The molecule has 1 aliphatic carbocycles. The number of nitriles is 1. The highest BCUT2D eigenvalue weighted by Crippen LogP contribution is 2.42. The third kappa shape index (κ3) is 4.43. The van der Waals surface area contributed by atoms with Crippen molar-refractivity contribution in [2.75, 3.05) is 0 Å². The molecule has 2 unspecified atom stereocenters. The molecule has 0 heterocycles. The summed E-state index contributed by atoms with van der Waals surface area (Å²) < 4.78 is 0. The zero-order valence-corrected chi connectivity index (χ0v) is 15.6. The largest absolute Gasteiger partial charge is 0.192 e. The molecule has 0 aromatic heterocycles. The van der Waals surface area contributed by atoms with Crippen LogP contribution in [0.25, 0.3) is 10.8 Å². The van der Waals surface area contributed by atoms with Gasteiger partial charge in [0.05, 0.1) is 11.6 Å². The fourth-order valence-corrected chi connectivity index (χ4v) is 4.68. The fraction of sp³-hybridized carbons (Fsp3) is 0.542. The van der Waals surface area contributed by atoms with E-state index in [0.29, 0.717) is 5.92 Å². The Bertz CT molecular complexity index is 724. The van der Waals surface area contributed by atoms with Crippen molar-refractivity contribution in [1.29, 1.82) is 5.26 Å². The fourth-order valence-electron chi connectivity index (χ4n) is 4.68. The van der Waals surface area contributed by atoms with Crippen molar-refractivity contribution in [3.63, 3.8) is 0 Å². The summed E-state index contributed by atoms with van der Waals surface area (Å²) in [6.45, 7) is 2.28. The molecule has 0 radical (unpaired) electrons. The van der Waals surface area contributed by atoms with Gasteiger partial charge < -0.3 is 0 Å². The van der Waals surface area contributed by atoms with Crippen molar-refractivity contribution >= 4 is 10.8 Å². The molecule has 1 nitrogen and oxygen atoms in total. The van der Waals surface area contributed by atoms with Crippen LogP contribution in [0.5, 0.6) is 0 Å². The van der Waals surface area contributed by atoms with E-state index in [1.165, 1.54) is 80.5 Å². The van der Waals surface area contributed by atoms with E-state index in [-0.39, 0.29) is 0 Å². The van der Waals surface area contributed by atoms with Crippen LogP contribution < -0.4 is 0 Å². The van der Waals surface area contributed by atoms with Gasteiger partial charge in [-0.15, -0.1) is 0 Å². The topological polar surface area (TPSA) is 23.8 Å². The van der Waals surface area contributed by atoms with Crippen LogP contribution in [0.3, 0.4) is 0 Å². The number of hydrogen-bond donors (Lipinski definition) is 0. The van der Waals surface area contributed by atoms with Gasteiger partial charge in [-0.2, -0.15) is 5.26 Å². The van der Waals surface area contributed by atoms with E-state index in [1.54, 1.807) is 0 Å². The molecule has 0 amide bonds. The molecular formula is C24H31N. The van der Waals surface area contributed by atoms with Crippen LogP contribution in [0, 0.1) is 17.2 Å². The highest BCUT2D eigenvalue weighted by Gasteiger charge is 2.26. The van der Waals surface area contributed by atoms with Gasteiger partial charge in [0, 0.05) is 0 Å². The molecule has 1 fully saturated rings. The van der Waals surface area contributed by atoms with Gasteiger partial charge in [0.2, 0.25) is 0 Å². The highest BCUT2D eigenvalue weighted by molar-refractivity contribution is 5.88. The van der Waals surface area contributed by atoms with E-state index in [4.69, 9.17) is 0 Å². The first-order valence-corrected chi connectivity index (χ1v) is 10.2. The molecule has 3 rings (SSSR count). The van der Waals surface area contributed by atoms with E-state index in [2.05, 4.69) is 43.3 Å². The Morgan fingerprint density at radius 2 is 1.84 bits per heavy atom. The quantitative estimate of drug-likeness (QED) is 0.486. The maximum Gasteiger partial charge on any atom is 0.0994 e. The molecule has 1 aliphatic rings. The Morgan fingerprint density at radius 1 is 1.00 bits per heavy atom. The van der Waals surface area contributed by atoms with Gasteiger partial charge in [-0.1, -0.05) is 88.6 Å². The lowest BCUT2D eigenvalue weighted by molar-refractivity contribution is 0.298. The predicted molar refractivity (Wildman–Crippen MR) is 107 cm³/mol. The predicted octanol–water partition coefficient (Wildman–Crippen LogP) is 7.35. The van der Waals surface area contributed by atoms with Crippen LogP contribution in [-0.2, 0) is 0 Å². The molecule has 0 aliphatic heterocycles. The first-order chi connectivity index (χ1) is 12.3. The van der Waals surface area contributed by atoms with E-state index in [1.807, 2.05) is 6.07 Å². The number of unbranched alkanes of at least 4 members (excludes halogenated alkanes) is 4. The van der Waals surface area contributed by atoms with Gasteiger partial charge in [0.15, 0.2) is 0 Å². The van der Waals surface area contributed by atoms with Crippen molar-refractivity contribution in [2.24, 2.45) is 5.92 Å². The van der Waals surface area contributed by atoms with Crippen LogP contribution >= 0.6 is 0 Å². The SMILES string of the molecule is CCCCCCCC1CCCC(c2c(C#N)ccc3ccccc23)C1. The lowest BCUT2D eigenvalue weighted by atomic mass is 9.74. The van der Waals surface area contributed by atoms with Gasteiger partial charge in [-0.25, -0.2) is 0 Å². The third-order valence-electron chi connectivity index (χ3n) is 6.00. The normalized spacial score (nSPS) is 20.5. The van der Waals surface area contributed by atoms with Gasteiger partial charge in [-0.3, -0.25) is 0 Å². The van der Waals surface area contributed by atoms with E-state index < -0.39 is 0 Å². The summed E-state index contributed by atoms with van der Waals surface area (Å²) in [6.07, 6.45) is 13.5. The Hall–Kier alpha value is -1.81. The summed E-state index contributed by atoms with van der Waals surface area (Å²) in [7, 11) is 0. The maximum atomic E-state index is 9.65. The van der Waals surface area contributed by atoms with E-state index in [9.17, 15) is 5.26 Å². The molecule has 2 aromatic carbocycles. The monoisotopic (exact) mass is 333 g/mol. The van der Waals surface area contributed by atoms with Crippen molar-refractivity contribution in [3.05, 3.63) is 47.5 Å². The molecule has 1 heteroatoms. The summed E-state index contributed by atoms with van der Waals surface area (Å²) in [5.74, 6) is 1.42. The molecule has 0 N–H and O–H groups in total. The summed E-state index contributed by atoms with van der Waals surface area (Å²) in [6, 6.07) is 15.2. The van der Waals surface area contributed by atoms with Gasteiger partial charge in [0.25, 0.3) is 0 Å². The van der Waals surface area contributed by atoms with Crippen LogP contribution in [0.15, 0.2) is 36.4 Å². The molecule has 2 atom stereocenters. The van der Waals surface area contributed by atoms with Gasteiger partial charge in [0.1, 0.15) is 0 Å². The summed E-state index contributed by atoms with van der Waals surface area (Å²) in [4.78, 5) is 0. The first-order valence-electron chi connectivity index (χ1n) is 10.2. The highest BCUT2D eigenvalue weighted by atomic mass is 14.3. The number of benzene rings is 2. The molecule has 0 saturated heterocycles. The number of hydrogen-bond acceptors (Lipinski definition) is 1. The lowest BCUT2D eigenvalue weighted by Gasteiger charge is -2.31. The van der Waals surface area contributed by atoms with Crippen molar-refractivity contribution in [3.8, 4) is 6.07 Å². The summed E-state index contributed by atoms with van der Waals surface area (Å²) in [5, 5.41) is 12.2. The molecule has 0 spiro atoms. The summed E-state index contributed by atoms with van der Waals surface area (Å²) in [5.41, 5.74) is 2.23. The van der Waals surface area contributed by atoms with Gasteiger partial charge >= 0.3 is 0 Å². The average Bonchev–Trinajstić information content (AvgIpc) is 2.67. The van der Waals surface area contributed by atoms with E-state index >= 15 is 0 Å². The second-order valence-corrected chi connectivity index (χ2v) is 7.79. The second-order valence-electron chi connectivity index (χ2n) is 7.79. The third-order valence-corrected chi connectivity index (χ3v) is 6.00. The maximum absolute atomic E-state index is 9.65. The Balaban J connectivity index is 1.73. The van der Waals surface area contributed by atoms with Crippen molar-refractivity contribution in [2.45, 2.75) is 77.0 Å². The lowest BCUT2D eigenvalue weighted by Crippen LogP contribution is -2.15. The number of fused-ring (bicyclic) bond motifs is 1. The molecular weight excluding hydrogens is 302 g/mol. The standard InChI is InChI=1S/C24H31N/c1-2-3-4-5-6-10-19-11-9-13-21(17-19)24-22(18-25)16-15-20-12-7-8-14-23(20)24/h7-8,12,14-16,19,21H,2-6,9-11,13,17H2,1H3. The van der Waals surface area contributed by atoms with Crippen LogP contribution in [0.4, 0.5) is 0 Å². The van der Waals surface area contributed by atoms with Gasteiger partial charge in [-0.05, 0) is 47.1 Å². The van der Waals surface area contributed by atoms with E-state index in [0.717, 1.165) is 11.5 Å². The number of nitrogens with zero attached hydrogens (tertiary/aromatic N) is 1. The Labute approximate surface area is 153 Å². The van der Waals surface area contributed by atoms with Crippen molar-refractivity contribution < 1.29 is 0 Å². The average molecular weight is 334 g/mol. The summed E-state index contributed by atoms with van der Waals surface area (Å²) >= 11 is 0. The smallest absolute Gasteiger partial charge is 0.0994 e. The van der Waals surface area contributed by atoms with Crippen LogP contribution in [-0.4, -0.2) is 0 Å². The Kier molecular flexibility index (Phi) is 6.51. The zero-order chi connectivity index (χ0) is 17.5. The van der Waals surface area contributed by atoms with Crippen LogP contribution in [0.2, 0.25) is 0 Å². The first kappa shape index (κ1) is 18.0. The number of rotatable bonds is 7. The molecule has 0 bridgehead atoms. The minimum absolute atomic E-state index is 0.565. The second kappa shape index (κ2) is 9.04. The minimum Gasteiger partial charge on any atom is -0.192 e. The molecule has 1 saturated carbocycles. The minimum atomic E-state index is 0.565. The Morgan fingerprint density at radius 3 is 2.68 bits per heavy atom.